The molecule has 0 heterocycles. The molecular formula is C13H23NS. The van der Waals surface area contributed by atoms with Gasteiger partial charge in [0.25, 0.3) is 0 Å². The molecule has 0 aromatic rings. The maximum Gasteiger partial charge on any atom is -0.00146 e. The van der Waals surface area contributed by atoms with Crippen LogP contribution in [0.15, 0.2) is 12.2 Å². The fourth-order valence-electron chi connectivity index (χ4n) is 2.99. The van der Waals surface area contributed by atoms with Gasteiger partial charge in [-0.2, -0.15) is 11.8 Å². The van der Waals surface area contributed by atoms with Crippen LogP contribution in [0.3, 0.4) is 0 Å². The van der Waals surface area contributed by atoms with Crippen molar-refractivity contribution in [1.29, 1.82) is 0 Å². The van der Waals surface area contributed by atoms with E-state index in [9.17, 15) is 0 Å². The first-order valence-corrected chi connectivity index (χ1v) is 7.57. The molecule has 0 radical (unpaired) electrons. The van der Waals surface area contributed by atoms with Gasteiger partial charge in [0, 0.05) is 0 Å². The highest BCUT2D eigenvalue weighted by Crippen LogP contribution is 2.42. The Morgan fingerprint density at radius 2 is 2.27 bits per heavy atom. The molecule has 0 spiro atoms. The zero-order chi connectivity index (χ0) is 10.7. The summed E-state index contributed by atoms with van der Waals surface area (Å²) in [7, 11) is 0. The molecule has 0 aromatic heterocycles. The molecule has 1 saturated carbocycles. The molecule has 0 saturated heterocycles. The Morgan fingerprint density at radius 1 is 1.40 bits per heavy atom. The molecule has 2 heteroatoms. The van der Waals surface area contributed by atoms with Crippen LogP contribution in [-0.2, 0) is 0 Å². The van der Waals surface area contributed by atoms with E-state index in [1.807, 2.05) is 11.8 Å². The minimum Gasteiger partial charge on any atom is -0.316 e. The summed E-state index contributed by atoms with van der Waals surface area (Å²) < 4.78 is 0. The van der Waals surface area contributed by atoms with Crippen LogP contribution < -0.4 is 5.32 Å². The van der Waals surface area contributed by atoms with Gasteiger partial charge in [0.15, 0.2) is 0 Å². The molecule has 0 aromatic carbocycles. The number of nitrogens with one attached hydrogen (secondary N) is 1. The fourth-order valence-corrected chi connectivity index (χ4v) is 3.67. The van der Waals surface area contributed by atoms with Gasteiger partial charge >= 0.3 is 0 Å². The second kappa shape index (κ2) is 5.40. The molecule has 1 nitrogen and oxygen atoms in total. The van der Waals surface area contributed by atoms with Crippen LogP contribution >= 0.6 is 11.8 Å². The van der Waals surface area contributed by atoms with Crippen molar-refractivity contribution in [2.45, 2.75) is 19.8 Å². The summed E-state index contributed by atoms with van der Waals surface area (Å²) in [5, 5.41) is 3.65. The first kappa shape index (κ1) is 11.5. The van der Waals surface area contributed by atoms with Gasteiger partial charge < -0.3 is 5.32 Å². The van der Waals surface area contributed by atoms with E-state index in [1.54, 1.807) is 0 Å². The van der Waals surface area contributed by atoms with Crippen molar-refractivity contribution in [2.24, 2.45) is 23.7 Å². The van der Waals surface area contributed by atoms with Gasteiger partial charge in [-0.25, -0.2) is 0 Å². The predicted octanol–water partition coefficient (Wildman–Crippen LogP) is 2.79. The Bertz CT molecular complexity index is 227. The third-order valence-electron chi connectivity index (χ3n) is 3.77. The molecule has 15 heavy (non-hydrogen) atoms. The maximum absolute atomic E-state index is 3.65. The lowest BCUT2D eigenvalue weighted by Crippen LogP contribution is -2.29. The zero-order valence-corrected chi connectivity index (χ0v) is 10.7. The summed E-state index contributed by atoms with van der Waals surface area (Å²) in [6, 6.07) is 0. The van der Waals surface area contributed by atoms with Crippen LogP contribution in [0, 0.1) is 23.7 Å². The molecule has 0 aliphatic heterocycles. The van der Waals surface area contributed by atoms with E-state index in [1.165, 1.54) is 31.7 Å². The molecule has 86 valence electrons. The molecule has 0 amide bonds. The highest BCUT2D eigenvalue weighted by molar-refractivity contribution is 7.98. The van der Waals surface area contributed by atoms with Gasteiger partial charge in [-0.15, -0.1) is 0 Å². The van der Waals surface area contributed by atoms with Gasteiger partial charge in [0.1, 0.15) is 0 Å². The highest BCUT2D eigenvalue weighted by atomic mass is 32.2. The summed E-state index contributed by atoms with van der Waals surface area (Å²) in [4.78, 5) is 0. The van der Waals surface area contributed by atoms with Crippen molar-refractivity contribution in [3.05, 3.63) is 12.2 Å². The van der Waals surface area contributed by atoms with Gasteiger partial charge in [0.2, 0.25) is 0 Å². The Balaban J connectivity index is 1.61. The molecule has 2 aliphatic rings. The molecule has 2 aliphatic carbocycles. The Labute approximate surface area is 98.1 Å². The quantitative estimate of drug-likeness (QED) is 0.698. The molecule has 1 fully saturated rings. The van der Waals surface area contributed by atoms with Gasteiger partial charge in [-0.05, 0) is 61.6 Å². The molecular weight excluding hydrogens is 202 g/mol. The number of hydrogen-bond acceptors (Lipinski definition) is 2. The minimum absolute atomic E-state index is 0.814. The van der Waals surface area contributed by atoms with Crippen LogP contribution in [0.1, 0.15) is 19.8 Å². The number of hydrogen-bond donors (Lipinski definition) is 1. The Kier molecular flexibility index (Phi) is 4.15. The maximum atomic E-state index is 3.65. The second-order valence-corrected chi connectivity index (χ2v) is 6.17. The van der Waals surface area contributed by atoms with Crippen molar-refractivity contribution in [3.8, 4) is 0 Å². The van der Waals surface area contributed by atoms with Crippen molar-refractivity contribution < 1.29 is 0 Å². The SMILES string of the molecule is CSCC(C)CNCC1CC2C=CC1C2. The number of fused-ring (bicyclic) bond motifs is 2. The summed E-state index contributed by atoms with van der Waals surface area (Å²) in [6.45, 7) is 4.77. The summed E-state index contributed by atoms with van der Waals surface area (Å²) in [5.41, 5.74) is 0. The number of rotatable bonds is 6. The van der Waals surface area contributed by atoms with E-state index in [0.29, 0.717) is 0 Å². The van der Waals surface area contributed by atoms with Crippen LogP contribution in [0.25, 0.3) is 0 Å². The predicted molar refractivity (Wildman–Crippen MR) is 69.3 cm³/mol. The molecule has 1 N–H and O–H groups in total. The lowest BCUT2D eigenvalue weighted by molar-refractivity contribution is 0.401. The van der Waals surface area contributed by atoms with E-state index in [-0.39, 0.29) is 0 Å². The fraction of sp³-hybridized carbons (Fsp3) is 0.846. The summed E-state index contributed by atoms with van der Waals surface area (Å²) >= 11 is 1.95. The molecule has 2 rings (SSSR count). The largest absolute Gasteiger partial charge is 0.316 e. The highest BCUT2D eigenvalue weighted by Gasteiger charge is 2.34. The monoisotopic (exact) mass is 225 g/mol. The standard InChI is InChI=1S/C13H23NS/c1-10(9-15-2)7-14-8-13-6-11-3-4-12(13)5-11/h3-4,10-14H,5-9H2,1-2H3. The minimum atomic E-state index is 0.814. The number of thioether (sulfide) groups is 1. The molecule has 4 unspecified atom stereocenters. The first-order valence-electron chi connectivity index (χ1n) is 6.17. The van der Waals surface area contributed by atoms with E-state index in [0.717, 1.165) is 23.7 Å². The first-order chi connectivity index (χ1) is 7.29. The number of allylic oxidation sites excluding steroid dienone is 2. The van der Waals surface area contributed by atoms with Crippen molar-refractivity contribution >= 4 is 11.8 Å². The van der Waals surface area contributed by atoms with Crippen LogP contribution in [0.4, 0.5) is 0 Å². The van der Waals surface area contributed by atoms with E-state index in [2.05, 4.69) is 30.6 Å². The third kappa shape index (κ3) is 3.01. The smallest absolute Gasteiger partial charge is 0.00146 e. The lowest BCUT2D eigenvalue weighted by Gasteiger charge is -2.20. The second-order valence-electron chi connectivity index (χ2n) is 5.26. The molecule has 2 bridgehead atoms. The summed E-state index contributed by atoms with van der Waals surface area (Å²) in [5.74, 6) is 4.85. The lowest BCUT2D eigenvalue weighted by atomic mass is 9.93. The van der Waals surface area contributed by atoms with Crippen LogP contribution in [0.5, 0.6) is 0 Å². The average molecular weight is 225 g/mol. The van der Waals surface area contributed by atoms with E-state index in [4.69, 9.17) is 0 Å². The van der Waals surface area contributed by atoms with Crippen molar-refractivity contribution in [3.63, 3.8) is 0 Å². The van der Waals surface area contributed by atoms with E-state index >= 15 is 0 Å². The van der Waals surface area contributed by atoms with E-state index < -0.39 is 0 Å². The Morgan fingerprint density at radius 3 is 2.87 bits per heavy atom. The van der Waals surface area contributed by atoms with Crippen LogP contribution in [0.2, 0.25) is 0 Å². The normalized spacial score (nSPS) is 34.9. The van der Waals surface area contributed by atoms with Gasteiger partial charge in [-0.3, -0.25) is 0 Å². The third-order valence-corrected chi connectivity index (χ3v) is 4.67. The molecule has 4 atom stereocenters. The van der Waals surface area contributed by atoms with Gasteiger partial charge in [-0.1, -0.05) is 19.1 Å². The topological polar surface area (TPSA) is 12.0 Å². The van der Waals surface area contributed by atoms with Crippen LogP contribution in [-0.4, -0.2) is 25.1 Å². The average Bonchev–Trinajstić information content (AvgIpc) is 2.79. The summed E-state index contributed by atoms with van der Waals surface area (Å²) in [6.07, 6.45) is 9.94. The van der Waals surface area contributed by atoms with Crippen molar-refractivity contribution in [1.82, 2.24) is 5.32 Å². The van der Waals surface area contributed by atoms with Crippen molar-refractivity contribution in [2.75, 3.05) is 25.1 Å². The van der Waals surface area contributed by atoms with Gasteiger partial charge in [0.05, 0.1) is 0 Å². The Hall–Kier alpha value is 0.0500. The zero-order valence-electron chi connectivity index (χ0n) is 9.91.